The largest absolute Gasteiger partial charge is 0.353 e. The molecule has 0 unspecified atom stereocenters. The van der Waals surface area contributed by atoms with Crippen LogP contribution in [0.1, 0.15) is 51.0 Å². The molecule has 4 fully saturated rings. The second-order valence-corrected chi connectivity index (χ2v) is 9.33. The molecule has 1 aromatic rings. The van der Waals surface area contributed by atoms with Gasteiger partial charge in [0, 0.05) is 16.1 Å². The average molecular weight is 366 g/mol. The van der Waals surface area contributed by atoms with Crippen LogP contribution in [0.5, 0.6) is 0 Å². The zero-order valence-corrected chi connectivity index (χ0v) is 15.7. The summed E-state index contributed by atoms with van der Waals surface area (Å²) in [6.07, 6.45) is 8.54. The number of hydrogen-bond acceptors (Lipinski definition) is 1. The third kappa shape index (κ3) is 3.08. The maximum atomic E-state index is 12.6. The van der Waals surface area contributed by atoms with Gasteiger partial charge in [-0.1, -0.05) is 29.3 Å². The SMILES string of the molecule is C[C@@H](NC(=O)Cc1ccc(Cl)cc1Cl)C12CC3CC(CC(C3)C1)C2. The van der Waals surface area contributed by atoms with E-state index in [2.05, 4.69) is 12.2 Å². The molecule has 0 spiro atoms. The molecule has 24 heavy (non-hydrogen) atoms. The van der Waals surface area contributed by atoms with Crippen molar-refractivity contribution in [3.8, 4) is 0 Å². The third-order valence-electron chi connectivity index (χ3n) is 6.75. The monoisotopic (exact) mass is 365 g/mol. The van der Waals surface area contributed by atoms with Gasteiger partial charge in [0.05, 0.1) is 6.42 Å². The van der Waals surface area contributed by atoms with Crippen LogP contribution in [0.15, 0.2) is 18.2 Å². The van der Waals surface area contributed by atoms with Crippen LogP contribution >= 0.6 is 23.2 Å². The number of rotatable bonds is 4. The van der Waals surface area contributed by atoms with Crippen LogP contribution in [-0.2, 0) is 11.2 Å². The standard InChI is InChI=1S/C20H25Cl2NO/c1-12(20-9-13-4-14(10-20)6-15(5-13)11-20)23-19(24)7-16-2-3-17(21)8-18(16)22/h2-3,8,12-15H,4-7,9-11H2,1H3,(H,23,24)/t12-,13?,14?,15?,20?/m1/s1. The first-order chi connectivity index (χ1) is 11.4. The summed E-state index contributed by atoms with van der Waals surface area (Å²) in [7, 11) is 0. The van der Waals surface area contributed by atoms with E-state index in [9.17, 15) is 4.79 Å². The van der Waals surface area contributed by atoms with Crippen molar-refractivity contribution in [3.63, 3.8) is 0 Å². The van der Waals surface area contributed by atoms with E-state index >= 15 is 0 Å². The molecule has 1 aromatic carbocycles. The summed E-state index contributed by atoms with van der Waals surface area (Å²) >= 11 is 12.1. The minimum atomic E-state index is 0.0717. The van der Waals surface area contributed by atoms with Crippen molar-refractivity contribution < 1.29 is 4.79 Å². The van der Waals surface area contributed by atoms with Crippen LogP contribution in [0, 0.1) is 23.2 Å². The van der Waals surface area contributed by atoms with Crippen LogP contribution in [0.4, 0.5) is 0 Å². The number of benzene rings is 1. The Hall–Kier alpha value is -0.730. The lowest BCUT2D eigenvalue weighted by atomic mass is 9.48. The first-order valence-corrected chi connectivity index (χ1v) is 9.92. The lowest BCUT2D eigenvalue weighted by Gasteiger charge is -2.59. The molecule has 0 saturated heterocycles. The Kier molecular flexibility index (Phi) is 4.33. The second kappa shape index (κ2) is 6.21. The highest BCUT2D eigenvalue weighted by atomic mass is 35.5. The molecule has 5 rings (SSSR count). The van der Waals surface area contributed by atoms with E-state index in [-0.39, 0.29) is 11.9 Å². The van der Waals surface area contributed by atoms with E-state index in [0.717, 1.165) is 23.3 Å². The van der Waals surface area contributed by atoms with Crippen LogP contribution in [-0.4, -0.2) is 11.9 Å². The summed E-state index contributed by atoms with van der Waals surface area (Å²) in [4.78, 5) is 12.6. The van der Waals surface area contributed by atoms with Gasteiger partial charge in [0.1, 0.15) is 0 Å². The summed E-state index contributed by atoms with van der Waals surface area (Å²) in [5.41, 5.74) is 1.19. The van der Waals surface area contributed by atoms with Gasteiger partial charge >= 0.3 is 0 Å². The number of carbonyl (C=O) groups is 1. The average Bonchev–Trinajstić information content (AvgIpc) is 2.48. The quantitative estimate of drug-likeness (QED) is 0.774. The zero-order valence-electron chi connectivity index (χ0n) is 14.2. The summed E-state index contributed by atoms with van der Waals surface area (Å²) < 4.78 is 0. The minimum Gasteiger partial charge on any atom is -0.353 e. The summed E-state index contributed by atoms with van der Waals surface area (Å²) in [5.74, 6) is 2.78. The van der Waals surface area contributed by atoms with Crippen molar-refractivity contribution >= 4 is 29.1 Å². The molecule has 1 amide bonds. The third-order valence-corrected chi connectivity index (χ3v) is 7.33. The number of halogens is 2. The van der Waals surface area contributed by atoms with Crippen LogP contribution in [0.25, 0.3) is 0 Å². The predicted molar refractivity (Wildman–Crippen MR) is 98.4 cm³/mol. The predicted octanol–water partition coefficient (Wildman–Crippen LogP) is 5.26. The molecule has 130 valence electrons. The van der Waals surface area contributed by atoms with Crippen molar-refractivity contribution in [1.82, 2.24) is 5.32 Å². The van der Waals surface area contributed by atoms with Gasteiger partial charge in [-0.15, -0.1) is 0 Å². The Morgan fingerprint density at radius 1 is 1.17 bits per heavy atom. The smallest absolute Gasteiger partial charge is 0.224 e. The van der Waals surface area contributed by atoms with E-state index in [1.54, 1.807) is 12.1 Å². The van der Waals surface area contributed by atoms with Gasteiger partial charge in [-0.3, -0.25) is 4.79 Å². The van der Waals surface area contributed by atoms with Crippen molar-refractivity contribution in [2.45, 2.75) is 57.9 Å². The first-order valence-electron chi connectivity index (χ1n) is 9.17. The van der Waals surface area contributed by atoms with Gasteiger partial charge < -0.3 is 5.32 Å². The molecule has 0 heterocycles. The number of carbonyl (C=O) groups excluding carboxylic acids is 1. The Bertz CT molecular complexity index is 622. The molecule has 4 saturated carbocycles. The highest BCUT2D eigenvalue weighted by Crippen LogP contribution is 2.61. The van der Waals surface area contributed by atoms with Crippen molar-refractivity contribution in [2.75, 3.05) is 0 Å². The molecule has 4 heteroatoms. The molecule has 1 N–H and O–H groups in total. The lowest BCUT2D eigenvalue weighted by Crippen LogP contribution is -2.56. The number of nitrogens with one attached hydrogen (secondary N) is 1. The maximum absolute atomic E-state index is 12.6. The molecule has 4 aliphatic rings. The van der Waals surface area contributed by atoms with E-state index < -0.39 is 0 Å². The van der Waals surface area contributed by atoms with Gasteiger partial charge in [-0.05, 0) is 86.3 Å². The summed E-state index contributed by atoms with van der Waals surface area (Å²) in [5, 5.41) is 4.47. The molecule has 4 aliphatic carbocycles. The molecule has 4 bridgehead atoms. The van der Waals surface area contributed by atoms with Gasteiger partial charge in [0.15, 0.2) is 0 Å². The topological polar surface area (TPSA) is 29.1 Å². The molecule has 0 radical (unpaired) electrons. The Morgan fingerprint density at radius 2 is 1.75 bits per heavy atom. The maximum Gasteiger partial charge on any atom is 0.224 e. The second-order valence-electron chi connectivity index (χ2n) is 8.48. The van der Waals surface area contributed by atoms with Gasteiger partial charge in [-0.2, -0.15) is 0 Å². The fraction of sp³-hybridized carbons (Fsp3) is 0.650. The normalized spacial score (nSPS) is 35.0. The van der Waals surface area contributed by atoms with Gasteiger partial charge in [-0.25, -0.2) is 0 Å². The summed E-state index contributed by atoms with van der Waals surface area (Å²) in [6, 6.07) is 5.59. The van der Waals surface area contributed by atoms with E-state index in [1.807, 2.05) is 6.07 Å². The number of amides is 1. The zero-order chi connectivity index (χ0) is 16.9. The Labute approximate surface area is 154 Å². The van der Waals surface area contributed by atoms with Crippen LogP contribution in [0.3, 0.4) is 0 Å². The molecule has 0 aliphatic heterocycles. The van der Waals surface area contributed by atoms with Crippen molar-refractivity contribution in [3.05, 3.63) is 33.8 Å². The number of hydrogen-bond donors (Lipinski definition) is 1. The van der Waals surface area contributed by atoms with Crippen molar-refractivity contribution in [2.24, 2.45) is 23.2 Å². The van der Waals surface area contributed by atoms with E-state index in [0.29, 0.717) is 21.9 Å². The Balaban J connectivity index is 1.42. The molecule has 2 nitrogen and oxygen atoms in total. The van der Waals surface area contributed by atoms with E-state index in [1.165, 1.54) is 38.5 Å². The fourth-order valence-electron chi connectivity index (χ4n) is 5.99. The molecule has 1 atom stereocenters. The van der Waals surface area contributed by atoms with Crippen LogP contribution in [0.2, 0.25) is 10.0 Å². The summed E-state index contributed by atoms with van der Waals surface area (Å²) in [6.45, 7) is 2.22. The van der Waals surface area contributed by atoms with Crippen molar-refractivity contribution in [1.29, 1.82) is 0 Å². The molecular formula is C20H25Cl2NO. The van der Waals surface area contributed by atoms with Gasteiger partial charge in [0.2, 0.25) is 5.91 Å². The van der Waals surface area contributed by atoms with Gasteiger partial charge in [0.25, 0.3) is 0 Å². The minimum absolute atomic E-state index is 0.0717. The highest BCUT2D eigenvalue weighted by Gasteiger charge is 2.53. The fourth-order valence-corrected chi connectivity index (χ4v) is 6.47. The highest BCUT2D eigenvalue weighted by molar-refractivity contribution is 6.35. The molecular weight excluding hydrogens is 341 g/mol. The molecule has 0 aromatic heterocycles. The van der Waals surface area contributed by atoms with E-state index in [4.69, 9.17) is 23.2 Å². The lowest BCUT2D eigenvalue weighted by molar-refractivity contribution is -0.125. The van der Waals surface area contributed by atoms with Crippen LogP contribution < -0.4 is 5.32 Å². The first kappa shape index (κ1) is 16.7. The Morgan fingerprint density at radius 3 is 2.29 bits per heavy atom.